The first-order chi connectivity index (χ1) is 6.27. The van der Waals surface area contributed by atoms with Gasteiger partial charge in [0.15, 0.2) is 0 Å². The predicted molar refractivity (Wildman–Crippen MR) is 48.4 cm³/mol. The molecular formula is C9H11N3O. The maximum Gasteiger partial charge on any atom is 0.136 e. The molecular weight excluding hydrogens is 166 g/mol. The Morgan fingerprint density at radius 3 is 3.23 bits per heavy atom. The number of hydrogen-bond acceptors (Lipinski definition) is 3. The number of rotatable bonds is 2. The zero-order valence-corrected chi connectivity index (χ0v) is 7.38. The van der Waals surface area contributed by atoms with Crippen molar-refractivity contribution in [1.82, 2.24) is 14.6 Å². The minimum atomic E-state index is -0.327. The average molecular weight is 177 g/mol. The Balaban J connectivity index is 2.46. The molecule has 2 heterocycles. The molecule has 0 saturated carbocycles. The van der Waals surface area contributed by atoms with Crippen molar-refractivity contribution in [2.45, 2.75) is 19.4 Å². The van der Waals surface area contributed by atoms with Crippen molar-refractivity contribution in [3.8, 4) is 0 Å². The van der Waals surface area contributed by atoms with Crippen LogP contribution in [-0.2, 0) is 6.42 Å². The molecule has 1 unspecified atom stereocenters. The zero-order chi connectivity index (χ0) is 9.26. The average Bonchev–Trinajstić information content (AvgIpc) is 2.48. The van der Waals surface area contributed by atoms with E-state index in [0.29, 0.717) is 6.42 Å². The molecule has 0 aliphatic carbocycles. The highest BCUT2D eigenvalue weighted by Crippen LogP contribution is 2.11. The highest BCUT2D eigenvalue weighted by molar-refractivity contribution is 5.52. The summed E-state index contributed by atoms with van der Waals surface area (Å²) in [5, 5.41) is 13.3. The van der Waals surface area contributed by atoms with E-state index in [0.717, 1.165) is 11.1 Å². The molecule has 4 heteroatoms. The second-order valence-electron chi connectivity index (χ2n) is 3.13. The first-order valence-electron chi connectivity index (χ1n) is 4.21. The molecule has 0 radical (unpaired) electrons. The number of hydrogen-bond donors (Lipinski definition) is 1. The lowest BCUT2D eigenvalue weighted by Gasteiger charge is -2.01. The summed E-state index contributed by atoms with van der Waals surface area (Å²) >= 11 is 0. The summed E-state index contributed by atoms with van der Waals surface area (Å²) < 4.78 is 1.75. The van der Waals surface area contributed by atoms with Gasteiger partial charge in [0.05, 0.1) is 17.8 Å². The van der Waals surface area contributed by atoms with Gasteiger partial charge in [0.2, 0.25) is 0 Å². The largest absolute Gasteiger partial charge is 0.393 e. The van der Waals surface area contributed by atoms with Crippen LogP contribution in [0.1, 0.15) is 12.5 Å². The fraction of sp³-hybridized carbons (Fsp3) is 0.333. The molecule has 0 spiro atoms. The van der Waals surface area contributed by atoms with Crippen molar-refractivity contribution >= 4 is 5.52 Å². The van der Waals surface area contributed by atoms with E-state index in [1.807, 2.05) is 12.3 Å². The Labute approximate surface area is 75.8 Å². The number of nitrogens with zero attached hydrogens (tertiary/aromatic N) is 3. The van der Waals surface area contributed by atoms with Crippen LogP contribution < -0.4 is 0 Å². The van der Waals surface area contributed by atoms with Gasteiger partial charge >= 0.3 is 0 Å². The Hall–Kier alpha value is -1.42. The first kappa shape index (κ1) is 8.19. The Morgan fingerprint density at radius 2 is 2.46 bits per heavy atom. The van der Waals surface area contributed by atoms with Crippen LogP contribution in [0.2, 0.25) is 0 Å². The van der Waals surface area contributed by atoms with Crippen LogP contribution >= 0.6 is 0 Å². The van der Waals surface area contributed by atoms with E-state index in [1.165, 1.54) is 6.33 Å². The topological polar surface area (TPSA) is 50.4 Å². The number of fused-ring (bicyclic) bond motifs is 1. The van der Waals surface area contributed by atoms with Crippen molar-refractivity contribution in [2.24, 2.45) is 0 Å². The molecule has 1 N–H and O–H groups in total. The molecule has 2 rings (SSSR count). The van der Waals surface area contributed by atoms with Gasteiger partial charge in [-0.3, -0.25) is 0 Å². The molecule has 0 aliphatic rings. The van der Waals surface area contributed by atoms with E-state index in [4.69, 9.17) is 0 Å². The maximum absolute atomic E-state index is 9.23. The predicted octanol–water partition coefficient (Wildman–Crippen LogP) is 0.653. The lowest BCUT2D eigenvalue weighted by Crippen LogP contribution is -2.04. The second-order valence-corrected chi connectivity index (χ2v) is 3.13. The van der Waals surface area contributed by atoms with Crippen LogP contribution in [0.4, 0.5) is 0 Å². The molecule has 0 fully saturated rings. The van der Waals surface area contributed by atoms with Gasteiger partial charge < -0.3 is 5.11 Å². The molecule has 0 amide bonds. The molecule has 2 aromatic rings. The van der Waals surface area contributed by atoms with Crippen molar-refractivity contribution < 1.29 is 5.11 Å². The second kappa shape index (κ2) is 3.14. The van der Waals surface area contributed by atoms with Gasteiger partial charge in [-0.2, -0.15) is 5.10 Å². The van der Waals surface area contributed by atoms with Crippen LogP contribution in [0.5, 0.6) is 0 Å². The number of aliphatic hydroxyl groups is 1. The van der Waals surface area contributed by atoms with Gasteiger partial charge in [0.25, 0.3) is 0 Å². The molecule has 68 valence electrons. The fourth-order valence-corrected chi connectivity index (χ4v) is 1.40. The van der Waals surface area contributed by atoms with Gasteiger partial charge in [-0.15, -0.1) is 0 Å². The Kier molecular flexibility index (Phi) is 1.98. The van der Waals surface area contributed by atoms with Crippen LogP contribution in [0.25, 0.3) is 5.52 Å². The maximum atomic E-state index is 9.23. The molecule has 1 atom stereocenters. The van der Waals surface area contributed by atoms with Gasteiger partial charge in [-0.1, -0.05) is 0 Å². The molecule has 0 aliphatic heterocycles. The fourth-order valence-electron chi connectivity index (χ4n) is 1.40. The standard InChI is InChI=1S/C9H11N3O/c1-7(13)4-8-2-3-12-9(8)5-10-6-11-12/h2-3,5-7,13H,4H2,1H3. The van der Waals surface area contributed by atoms with E-state index in [2.05, 4.69) is 10.1 Å². The van der Waals surface area contributed by atoms with Crippen LogP contribution in [0.15, 0.2) is 24.8 Å². The summed E-state index contributed by atoms with van der Waals surface area (Å²) in [4.78, 5) is 3.94. The summed E-state index contributed by atoms with van der Waals surface area (Å²) in [6.07, 6.45) is 5.44. The molecule has 4 nitrogen and oxygen atoms in total. The Morgan fingerprint density at radius 1 is 1.62 bits per heavy atom. The van der Waals surface area contributed by atoms with Crippen molar-refractivity contribution in [2.75, 3.05) is 0 Å². The SMILES string of the molecule is CC(O)Cc1ccn2ncncc12. The Bertz CT molecular complexity index is 408. The monoisotopic (exact) mass is 177 g/mol. The third-order valence-electron chi connectivity index (χ3n) is 1.95. The highest BCUT2D eigenvalue weighted by Gasteiger charge is 2.05. The van der Waals surface area contributed by atoms with Gasteiger partial charge in [0.1, 0.15) is 6.33 Å². The number of aliphatic hydroxyl groups excluding tert-OH is 1. The van der Waals surface area contributed by atoms with E-state index in [1.54, 1.807) is 17.6 Å². The first-order valence-corrected chi connectivity index (χ1v) is 4.21. The normalized spacial score (nSPS) is 13.4. The van der Waals surface area contributed by atoms with Gasteiger partial charge in [-0.05, 0) is 18.6 Å². The van der Waals surface area contributed by atoms with Crippen LogP contribution in [-0.4, -0.2) is 25.8 Å². The minimum Gasteiger partial charge on any atom is -0.393 e. The molecule has 2 aromatic heterocycles. The smallest absolute Gasteiger partial charge is 0.136 e. The van der Waals surface area contributed by atoms with Crippen LogP contribution in [0.3, 0.4) is 0 Å². The summed E-state index contributed by atoms with van der Waals surface area (Å²) in [6.45, 7) is 1.77. The summed E-state index contributed by atoms with van der Waals surface area (Å²) in [5.74, 6) is 0. The lowest BCUT2D eigenvalue weighted by molar-refractivity contribution is 0.196. The highest BCUT2D eigenvalue weighted by atomic mass is 16.3. The third-order valence-corrected chi connectivity index (χ3v) is 1.95. The van der Waals surface area contributed by atoms with E-state index in [9.17, 15) is 5.11 Å². The van der Waals surface area contributed by atoms with Gasteiger partial charge in [0, 0.05) is 12.6 Å². The van der Waals surface area contributed by atoms with Gasteiger partial charge in [-0.25, -0.2) is 9.50 Å². The van der Waals surface area contributed by atoms with Crippen molar-refractivity contribution in [1.29, 1.82) is 0 Å². The molecule has 13 heavy (non-hydrogen) atoms. The van der Waals surface area contributed by atoms with E-state index >= 15 is 0 Å². The quantitative estimate of drug-likeness (QED) is 0.732. The van der Waals surface area contributed by atoms with Crippen molar-refractivity contribution in [3.05, 3.63) is 30.4 Å². The third kappa shape index (κ3) is 1.53. The van der Waals surface area contributed by atoms with Crippen molar-refractivity contribution in [3.63, 3.8) is 0 Å². The zero-order valence-electron chi connectivity index (χ0n) is 7.38. The van der Waals surface area contributed by atoms with E-state index < -0.39 is 0 Å². The molecule has 0 aromatic carbocycles. The number of aromatic nitrogens is 3. The lowest BCUT2D eigenvalue weighted by atomic mass is 10.1. The van der Waals surface area contributed by atoms with E-state index in [-0.39, 0.29) is 6.10 Å². The summed E-state index contributed by atoms with van der Waals surface area (Å²) in [5.41, 5.74) is 2.04. The molecule has 0 saturated heterocycles. The summed E-state index contributed by atoms with van der Waals surface area (Å²) in [7, 11) is 0. The minimum absolute atomic E-state index is 0.327. The van der Waals surface area contributed by atoms with Crippen LogP contribution in [0, 0.1) is 0 Å². The molecule has 0 bridgehead atoms. The summed E-state index contributed by atoms with van der Waals surface area (Å²) in [6, 6.07) is 1.96.